The molecule has 1 atom stereocenters. The van der Waals surface area contributed by atoms with Gasteiger partial charge in [-0.05, 0) is 48.2 Å². The summed E-state index contributed by atoms with van der Waals surface area (Å²) in [7, 11) is 1.55. The summed E-state index contributed by atoms with van der Waals surface area (Å²) in [5.74, 6) is 0.438. The number of halogens is 1. The molecule has 0 aromatic heterocycles. The Bertz CT molecular complexity index is 1980. The molecule has 4 aromatic carbocycles. The van der Waals surface area contributed by atoms with Gasteiger partial charge in [0.25, 0.3) is 0 Å². The molecule has 6 rings (SSSR count). The van der Waals surface area contributed by atoms with E-state index in [0.717, 1.165) is 16.7 Å². The molecular weight excluding hydrogens is 694 g/mol. The fourth-order valence-electron chi connectivity index (χ4n) is 6.56. The van der Waals surface area contributed by atoms with Crippen molar-refractivity contribution >= 4 is 46.7 Å². The summed E-state index contributed by atoms with van der Waals surface area (Å²) in [6.45, 7) is 6.40. The monoisotopic (exact) mass is 737 g/mol. The first kappa shape index (κ1) is 37.4. The number of aliphatic hydroxyl groups excluding tert-OH is 1. The van der Waals surface area contributed by atoms with Crippen LogP contribution in [0.5, 0.6) is 11.5 Å². The number of piperidine rings is 1. The first-order valence-electron chi connectivity index (χ1n) is 17.6. The summed E-state index contributed by atoms with van der Waals surface area (Å²) >= 11 is 6.59. The number of hydrogen-bond donors (Lipinski definition) is 6. The Morgan fingerprint density at radius 2 is 1.75 bits per heavy atom. The number of nitrogens with zero attached hydrogens (tertiary/aromatic N) is 1. The topological polar surface area (TPSA) is 144 Å². The Morgan fingerprint density at radius 1 is 1.00 bits per heavy atom. The summed E-state index contributed by atoms with van der Waals surface area (Å²) in [6, 6.07) is 24.2. The van der Waals surface area contributed by atoms with Crippen LogP contribution in [-0.2, 0) is 16.1 Å². The largest absolute Gasteiger partial charge is 0.506 e. The lowest BCUT2D eigenvalue weighted by atomic mass is 9.97. The third-order valence-electron chi connectivity index (χ3n) is 9.36. The maximum absolute atomic E-state index is 12.9. The number of phenols is 1. The van der Waals surface area contributed by atoms with E-state index in [1.54, 1.807) is 37.5 Å². The molecule has 1 fully saturated rings. The number of aromatic hydroxyl groups is 1. The summed E-state index contributed by atoms with van der Waals surface area (Å²) in [6.07, 6.45) is 3.67. The number of ether oxygens (including phenoxy) is 2. The number of rotatable bonds is 13. The molecule has 12 heteroatoms. The van der Waals surface area contributed by atoms with E-state index in [-0.39, 0.29) is 30.7 Å². The zero-order valence-corrected chi connectivity index (χ0v) is 30.3. The van der Waals surface area contributed by atoms with Gasteiger partial charge < -0.3 is 40.5 Å². The van der Waals surface area contributed by atoms with Gasteiger partial charge in [0.05, 0.1) is 35.3 Å². The lowest BCUT2D eigenvalue weighted by Crippen LogP contribution is -2.39. The normalized spacial score (nSPS) is 14.9. The maximum atomic E-state index is 12.9. The lowest BCUT2D eigenvalue weighted by molar-refractivity contribution is -0.116. The lowest BCUT2D eigenvalue weighted by Gasteiger charge is -2.31. The smallest absolute Gasteiger partial charge is 0.411 e. The van der Waals surface area contributed by atoms with E-state index in [4.69, 9.17) is 21.1 Å². The molecule has 4 aromatic rings. The summed E-state index contributed by atoms with van der Waals surface area (Å²) in [5.41, 5.74) is 6.35. The minimum atomic E-state index is -0.853. The SMILES string of the molecule is C=C1C=Cc2c([C@@H](O)CNCc3cc(Cl)c(NC(=O)CCN4CCC(OC(=O)Nc5ccccc5-c5ccccc5)CC4)cc3OC)ccc(O)c2N1. The van der Waals surface area contributed by atoms with Crippen molar-refractivity contribution < 1.29 is 29.3 Å². The zero-order chi connectivity index (χ0) is 37.3. The molecule has 11 nitrogen and oxygen atoms in total. The van der Waals surface area contributed by atoms with Crippen molar-refractivity contribution in [2.45, 2.75) is 38.0 Å². The number of anilines is 3. The molecule has 0 radical (unpaired) electrons. The Morgan fingerprint density at radius 3 is 2.53 bits per heavy atom. The molecule has 276 valence electrons. The van der Waals surface area contributed by atoms with Crippen LogP contribution >= 0.6 is 11.6 Å². The molecule has 0 unspecified atom stereocenters. The van der Waals surface area contributed by atoms with Crippen LogP contribution < -0.4 is 26.0 Å². The number of methoxy groups -OCH3 is 1. The van der Waals surface area contributed by atoms with Crippen molar-refractivity contribution in [3.05, 3.63) is 119 Å². The number of allylic oxidation sites excluding steroid dienone is 1. The third kappa shape index (κ3) is 9.57. The van der Waals surface area contributed by atoms with Gasteiger partial charge in [-0.2, -0.15) is 0 Å². The van der Waals surface area contributed by atoms with Crippen molar-refractivity contribution in [2.75, 3.05) is 49.2 Å². The highest BCUT2D eigenvalue weighted by molar-refractivity contribution is 6.33. The Balaban J connectivity index is 0.938. The molecule has 2 heterocycles. The third-order valence-corrected chi connectivity index (χ3v) is 9.68. The van der Waals surface area contributed by atoms with Crippen LogP contribution in [0.15, 0.2) is 97.2 Å². The van der Waals surface area contributed by atoms with Gasteiger partial charge >= 0.3 is 6.09 Å². The van der Waals surface area contributed by atoms with Crippen LogP contribution in [0.25, 0.3) is 17.2 Å². The van der Waals surface area contributed by atoms with Gasteiger partial charge in [0.1, 0.15) is 17.6 Å². The van der Waals surface area contributed by atoms with Gasteiger partial charge in [0, 0.05) is 67.6 Å². The van der Waals surface area contributed by atoms with Gasteiger partial charge in [-0.3, -0.25) is 10.1 Å². The zero-order valence-electron chi connectivity index (χ0n) is 29.5. The molecule has 53 heavy (non-hydrogen) atoms. The summed E-state index contributed by atoms with van der Waals surface area (Å²) < 4.78 is 11.4. The van der Waals surface area contributed by atoms with Crippen LogP contribution in [0, 0.1) is 0 Å². The van der Waals surface area contributed by atoms with Gasteiger partial charge in [-0.15, -0.1) is 0 Å². The van der Waals surface area contributed by atoms with Crippen LogP contribution in [0.1, 0.15) is 42.1 Å². The summed E-state index contributed by atoms with van der Waals surface area (Å²) in [4.78, 5) is 27.9. The van der Waals surface area contributed by atoms with Gasteiger partial charge in [0.2, 0.25) is 5.91 Å². The molecule has 1 saturated heterocycles. The first-order chi connectivity index (χ1) is 25.7. The quantitative estimate of drug-likeness (QED) is 0.0767. The number of aliphatic hydroxyl groups is 1. The first-order valence-corrected chi connectivity index (χ1v) is 18.0. The molecular formula is C41H44ClN5O6. The highest BCUT2D eigenvalue weighted by atomic mass is 35.5. The molecule has 0 aliphatic carbocycles. The minimum Gasteiger partial charge on any atom is -0.506 e. The van der Waals surface area contributed by atoms with Crippen LogP contribution in [0.3, 0.4) is 0 Å². The number of carbonyl (C=O) groups excluding carboxylic acids is 2. The van der Waals surface area contributed by atoms with E-state index in [9.17, 15) is 19.8 Å². The van der Waals surface area contributed by atoms with Crippen LogP contribution in [0.2, 0.25) is 5.02 Å². The van der Waals surface area contributed by atoms with Crippen LogP contribution in [0.4, 0.5) is 21.9 Å². The number of benzene rings is 4. The highest BCUT2D eigenvalue weighted by Crippen LogP contribution is 2.38. The molecule has 0 saturated carbocycles. The predicted molar refractivity (Wildman–Crippen MR) is 209 cm³/mol. The number of carbonyl (C=O) groups is 2. The number of hydrogen-bond acceptors (Lipinski definition) is 9. The minimum absolute atomic E-state index is 0.0800. The number of fused-ring (bicyclic) bond motifs is 1. The number of phenolic OH excluding ortho intramolecular Hbond substituents is 1. The van der Waals surface area contributed by atoms with Gasteiger partial charge in [0.15, 0.2) is 0 Å². The van der Waals surface area contributed by atoms with E-state index >= 15 is 0 Å². The molecule has 0 spiro atoms. The average Bonchev–Trinajstić information content (AvgIpc) is 3.16. The highest BCUT2D eigenvalue weighted by Gasteiger charge is 2.24. The number of para-hydroxylation sites is 1. The summed E-state index contributed by atoms with van der Waals surface area (Å²) in [5, 5.41) is 33.7. The van der Waals surface area contributed by atoms with E-state index < -0.39 is 12.2 Å². The fourth-order valence-corrected chi connectivity index (χ4v) is 6.79. The Kier molecular flexibility index (Phi) is 12.3. The molecule has 6 N–H and O–H groups in total. The van der Waals surface area contributed by atoms with Crippen molar-refractivity contribution in [3.63, 3.8) is 0 Å². The number of amides is 2. The standard InChI is InChI=1S/C41H44ClN5O6/c1-26-12-13-32-31(14-15-36(48)40(32)44-26)37(49)25-43-24-28-22-33(42)35(23-38(28)52-2)45-39(50)18-21-47-19-16-29(17-20-47)53-41(51)46-34-11-7-6-10-30(34)27-8-4-3-5-9-27/h3-15,22-23,29,37,43-44,48-49H,1,16-21,24-25H2,2H3,(H,45,50)(H,46,51)/t37-/m0/s1. The second kappa shape index (κ2) is 17.5. The van der Waals surface area contributed by atoms with E-state index in [1.165, 1.54) is 0 Å². The van der Waals surface area contributed by atoms with Crippen molar-refractivity contribution in [1.82, 2.24) is 10.2 Å². The molecule has 0 bridgehead atoms. The van der Waals surface area contributed by atoms with Crippen molar-refractivity contribution in [3.8, 4) is 22.6 Å². The molecule has 2 aliphatic heterocycles. The maximum Gasteiger partial charge on any atom is 0.411 e. The van der Waals surface area contributed by atoms with Crippen LogP contribution in [-0.4, -0.2) is 66.5 Å². The van der Waals surface area contributed by atoms with E-state index in [1.807, 2.05) is 60.7 Å². The van der Waals surface area contributed by atoms with Gasteiger partial charge in [-0.25, -0.2) is 4.79 Å². The predicted octanol–water partition coefficient (Wildman–Crippen LogP) is 7.54. The molecule has 2 aliphatic rings. The second-order valence-corrected chi connectivity index (χ2v) is 13.4. The fraction of sp³-hybridized carbons (Fsp3) is 0.268. The number of nitrogens with one attached hydrogen (secondary N) is 4. The second-order valence-electron chi connectivity index (χ2n) is 13.0. The van der Waals surface area contributed by atoms with Gasteiger partial charge in [-0.1, -0.05) is 78.9 Å². The average molecular weight is 738 g/mol. The Labute approximate surface area is 314 Å². The van der Waals surface area contributed by atoms with Crippen molar-refractivity contribution in [2.24, 2.45) is 0 Å². The van der Waals surface area contributed by atoms with E-state index in [0.29, 0.717) is 83.7 Å². The van der Waals surface area contributed by atoms with E-state index in [2.05, 4.69) is 32.7 Å². The van der Waals surface area contributed by atoms with Crippen molar-refractivity contribution in [1.29, 1.82) is 0 Å². The number of likely N-dealkylation sites (tertiary alicyclic amines) is 1. The Hall–Kier alpha value is -5.33. The molecule has 2 amide bonds.